The van der Waals surface area contributed by atoms with Crippen LogP contribution in [0.3, 0.4) is 0 Å². The van der Waals surface area contributed by atoms with Crippen molar-refractivity contribution in [2.45, 2.75) is 19.9 Å². The van der Waals surface area contributed by atoms with Crippen LogP contribution in [0, 0.1) is 6.92 Å². The third-order valence-electron chi connectivity index (χ3n) is 3.56. The van der Waals surface area contributed by atoms with Crippen molar-refractivity contribution in [2.75, 3.05) is 0 Å². The second kappa shape index (κ2) is 4.89. The van der Waals surface area contributed by atoms with Crippen molar-refractivity contribution in [1.82, 2.24) is 9.88 Å². The molecule has 1 aromatic heterocycles. The average Bonchev–Trinajstić information content (AvgIpc) is 2.46. The molecule has 1 aliphatic heterocycles. The molecule has 0 aliphatic carbocycles. The molecule has 2 heterocycles. The fraction of sp³-hybridized carbons (Fsp3) is 0.188. The summed E-state index contributed by atoms with van der Waals surface area (Å²) in [5, 5.41) is 0. The van der Waals surface area contributed by atoms with Crippen LogP contribution in [0.5, 0.6) is 0 Å². The Morgan fingerprint density at radius 1 is 1.15 bits per heavy atom. The number of carbonyl (C=O) groups is 2. The third-order valence-corrected chi connectivity index (χ3v) is 3.56. The van der Waals surface area contributed by atoms with Crippen LogP contribution in [0.15, 0.2) is 42.6 Å². The van der Waals surface area contributed by atoms with Gasteiger partial charge in [-0.2, -0.15) is 0 Å². The largest absolute Gasteiger partial charge is 0.274 e. The van der Waals surface area contributed by atoms with E-state index in [1.807, 2.05) is 37.3 Å². The van der Waals surface area contributed by atoms with Crippen LogP contribution < -0.4 is 0 Å². The van der Waals surface area contributed by atoms with Gasteiger partial charge in [-0.05, 0) is 36.2 Å². The summed E-state index contributed by atoms with van der Waals surface area (Å²) in [5.74, 6) is -0.395. The second-order valence-corrected chi connectivity index (χ2v) is 4.88. The summed E-state index contributed by atoms with van der Waals surface area (Å²) in [4.78, 5) is 30.1. The van der Waals surface area contributed by atoms with E-state index in [4.69, 9.17) is 0 Å². The maximum Gasteiger partial charge on any atom is 0.261 e. The minimum Gasteiger partial charge on any atom is -0.274 e. The van der Waals surface area contributed by atoms with E-state index in [2.05, 4.69) is 4.98 Å². The van der Waals surface area contributed by atoms with Crippen LogP contribution in [-0.2, 0) is 17.8 Å². The van der Waals surface area contributed by atoms with E-state index in [-0.39, 0.29) is 24.8 Å². The first kappa shape index (κ1) is 12.5. The summed E-state index contributed by atoms with van der Waals surface area (Å²) in [6.07, 6.45) is 1.94. The third kappa shape index (κ3) is 2.09. The van der Waals surface area contributed by atoms with Crippen molar-refractivity contribution in [2.24, 2.45) is 0 Å². The van der Waals surface area contributed by atoms with Crippen LogP contribution in [-0.4, -0.2) is 21.7 Å². The lowest BCUT2D eigenvalue weighted by Crippen LogP contribution is -2.42. The number of benzene rings is 1. The number of rotatable bonds is 2. The Hall–Kier alpha value is -2.49. The number of hydrogen-bond acceptors (Lipinski definition) is 3. The highest BCUT2D eigenvalue weighted by Gasteiger charge is 2.31. The van der Waals surface area contributed by atoms with Crippen molar-refractivity contribution in [3.8, 4) is 0 Å². The molecule has 1 aliphatic rings. The molecule has 3 rings (SSSR count). The molecule has 20 heavy (non-hydrogen) atoms. The van der Waals surface area contributed by atoms with E-state index >= 15 is 0 Å². The van der Waals surface area contributed by atoms with Gasteiger partial charge in [0.1, 0.15) is 0 Å². The number of fused-ring (bicyclic) bond motifs is 1. The zero-order chi connectivity index (χ0) is 14.1. The molecule has 0 fully saturated rings. The molecule has 0 N–H and O–H groups in total. The summed E-state index contributed by atoms with van der Waals surface area (Å²) >= 11 is 0. The van der Waals surface area contributed by atoms with E-state index in [0.29, 0.717) is 11.3 Å². The van der Waals surface area contributed by atoms with Crippen LogP contribution in [0.1, 0.15) is 27.2 Å². The molecule has 1 aromatic carbocycles. The highest BCUT2D eigenvalue weighted by molar-refractivity contribution is 6.09. The number of aromatic nitrogens is 1. The van der Waals surface area contributed by atoms with E-state index in [9.17, 15) is 9.59 Å². The maximum absolute atomic E-state index is 12.5. The average molecular weight is 266 g/mol. The number of pyridine rings is 1. The Labute approximate surface area is 117 Å². The topological polar surface area (TPSA) is 50.3 Å². The summed E-state index contributed by atoms with van der Waals surface area (Å²) in [6, 6.07) is 11.0. The molecule has 2 amide bonds. The van der Waals surface area contributed by atoms with Crippen LogP contribution in [0.25, 0.3) is 0 Å². The number of imide groups is 1. The van der Waals surface area contributed by atoms with Gasteiger partial charge in [0.05, 0.1) is 18.7 Å². The first-order chi connectivity index (χ1) is 9.66. The van der Waals surface area contributed by atoms with Crippen molar-refractivity contribution < 1.29 is 9.59 Å². The summed E-state index contributed by atoms with van der Waals surface area (Å²) < 4.78 is 0. The molecular weight excluding hydrogens is 252 g/mol. The Bertz CT molecular complexity index is 680. The van der Waals surface area contributed by atoms with E-state index in [1.165, 1.54) is 4.90 Å². The van der Waals surface area contributed by atoms with Gasteiger partial charge in [0.15, 0.2) is 0 Å². The predicted molar refractivity (Wildman–Crippen MR) is 74.0 cm³/mol. The fourth-order valence-corrected chi connectivity index (χ4v) is 2.46. The summed E-state index contributed by atoms with van der Waals surface area (Å²) in [5.41, 5.74) is 3.17. The second-order valence-electron chi connectivity index (χ2n) is 4.88. The van der Waals surface area contributed by atoms with Gasteiger partial charge in [-0.1, -0.05) is 18.2 Å². The lowest BCUT2D eigenvalue weighted by atomic mass is 9.94. The van der Waals surface area contributed by atoms with Crippen LogP contribution >= 0.6 is 0 Å². The first-order valence-electron chi connectivity index (χ1n) is 6.50. The van der Waals surface area contributed by atoms with Crippen molar-refractivity contribution in [3.05, 3.63) is 65.0 Å². The Morgan fingerprint density at radius 2 is 2.00 bits per heavy atom. The van der Waals surface area contributed by atoms with Gasteiger partial charge in [-0.15, -0.1) is 0 Å². The normalized spacial score (nSPS) is 14.3. The highest BCUT2D eigenvalue weighted by Crippen LogP contribution is 2.23. The standard InChI is InChI=1S/C16H14N2O2/c1-11-5-4-7-13-14(11)9-15(19)18(16(13)20)10-12-6-2-3-8-17-12/h2-8H,9-10H2,1H3. The lowest BCUT2D eigenvalue weighted by molar-refractivity contribution is -0.128. The smallest absolute Gasteiger partial charge is 0.261 e. The predicted octanol–water partition coefficient (Wildman–Crippen LogP) is 2.12. The molecule has 0 atom stereocenters. The zero-order valence-corrected chi connectivity index (χ0v) is 11.2. The number of nitrogens with zero attached hydrogens (tertiary/aromatic N) is 2. The quantitative estimate of drug-likeness (QED) is 0.782. The van der Waals surface area contributed by atoms with Gasteiger partial charge in [0.25, 0.3) is 5.91 Å². The van der Waals surface area contributed by atoms with E-state index in [1.54, 1.807) is 12.3 Å². The Morgan fingerprint density at radius 3 is 2.75 bits per heavy atom. The minimum atomic E-state index is -0.231. The molecule has 0 radical (unpaired) electrons. The molecule has 0 bridgehead atoms. The molecule has 4 nitrogen and oxygen atoms in total. The number of hydrogen-bond donors (Lipinski definition) is 0. The van der Waals surface area contributed by atoms with Gasteiger partial charge in [-0.25, -0.2) is 0 Å². The van der Waals surface area contributed by atoms with Crippen LogP contribution in [0.2, 0.25) is 0 Å². The minimum absolute atomic E-state index is 0.164. The molecule has 0 saturated heterocycles. The van der Waals surface area contributed by atoms with E-state index < -0.39 is 0 Å². The lowest BCUT2D eigenvalue weighted by Gasteiger charge is -2.27. The molecule has 0 saturated carbocycles. The number of amides is 2. The Kier molecular flexibility index (Phi) is 3.06. The molecule has 2 aromatic rings. The van der Waals surface area contributed by atoms with Gasteiger partial charge >= 0.3 is 0 Å². The molecule has 0 unspecified atom stereocenters. The summed E-state index contributed by atoms with van der Waals surface area (Å²) in [7, 11) is 0. The van der Waals surface area contributed by atoms with Gasteiger partial charge < -0.3 is 0 Å². The fourth-order valence-electron chi connectivity index (χ4n) is 2.46. The summed E-state index contributed by atoms with van der Waals surface area (Å²) in [6.45, 7) is 2.15. The van der Waals surface area contributed by atoms with Gasteiger partial charge in [-0.3, -0.25) is 19.5 Å². The van der Waals surface area contributed by atoms with Crippen LogP contribution in [0.4, 0.5) is 0 Å². The molecule has 4 heteroatoms. The maximum atomic E-state index is 12.5. The van der Waals surface area contributed by atoms with Gasteiger partial charge in [0.2, 0.25) is 5.91 Å². The zero-order valence-electron chi connectivity index (χ0n) is 11.2. The Balaban J connectivity index is 1.95. The molecule has 0 spiro atoms. The van der Waals surface area contributed by atoms with Crippen molar-refractivity contribution in [3.63, 3.8) is 0 Å². The molecule has 100 valence electrons. The SMILES string of the molecule is Cc1cccc2c1CC(=O)N(Cc1ccccn1)C2=O. The highest BCUT2D eigenvalue weighted by atomic mass is 16.2. The number of aryl methyl sites for hydroxylation is 1. The van der Waals surface area contributed by atoms with Crippen molar-refractivity contribution >= 4 is 11.8 Å². The van der Waals surface area contributed by atoms with Crippen molar-refractivity contribution in [1.29, 1.82) is 0 Å². The monoisotopic (exact) mass is 266 g/mol. The molecular formula is C16H14N2O2. The van der Waals surface area contributed by atoms with Gasteiger partial charge in [0, 0.05) is 11.8 Å². The van der Waals surface area contributed by atoms with E-state index in [0.717, 1.165) is 11.1 Å². The number of carbonyl (C=O) groups excluding carboxylic acids is 2. The first-order valence-corrected chi connectivity index (χ1v) is 6.50.